The average molecular weight is 187 g/mol. The highest BCUT2D eigenvalue weighted by atomic mass is 16.4. The monoisotopic (exact) mass is 187 g/mol. The predicted octanol–water partition coefficient (Wildman–Crippen LogP) is 0.165. The number of carboxylic acid groups (broad SMARTS) is 1. The number of aliphatic hydroxyl groups is 1. The van der Waals surface area contributed by atoms with E-state index in [4.69, 9.17) is 10.2 Å². The molecule has 76 valence electrons. The molecule has 4 heteroatoms. The lowest BCUT2D eigenvalue weighted by Gasteiger charge is -2.14. The van der Waals surface area contributed by atoms with Crippen molar-refractivity contribution in [2.24, 2.45) is 5.92 Å². The van der Waals surface area contributed by atoms with E-state index in [1.807, 2.05) is 0 Å². The lowest BCUT2D eigenvalue weighted by atomic mass is 10.1. The van der Waals surface area contributed by atoms with Crippen LogP contribution in [0.5, 0.6) is 0 Å². The Morgan fingerprint density at radius 3 is 2.85 bits per heavy atom. The van der Waals surface area contributed by atoms with Crippen LogP contribution in [-0.4, -0.2) is 47.3 Å². The predicted molar refractivity (Wildman–Crippen MR) is 48.5 cm³/mol. The number of likely N-dealkylation sites (tertiary alicyclic amines) is 1. The molecule has 1 fully saturated rings. The van der Waals surface area contributed by atoms with Crippen LogP contribution >= 0.6 is 0 Å². The first-order valence-corrected chi connectivity index (χ1v) is 4.77. The fourth-order valence-electron chi connectivity index (χ4n) is 1.72. The third kappa shape index (κ3) is 3.74. The van der Waals surface area contributed by atoms with Gasteiger partial charge in [-0.3, -0.25) is 4.79 Å². The van der Waals surface area contributed by atoms with Gasteiger partial charge in [0.05, 0.1) is 0 Å². The fourth-order valence-corrected chi connectivity index (χ4v) is 1.72. The largest absolute Gasteiger partial charge is 0.481 e. The summed E-state index contributed by atoms with van der Waals surface area (Å²) >= 11 is 0. The highest BCUT2D eigenvalue weighted by molar-refractivity contribution is 5.66. The normalized spacial score (nSPS) is 23.6. The van der Waals surface area contributed by atoms with Crippen LogP contribution in [0.25, 0.3) is 0 Å². The molecule has 0 aromatic rings. The first-order chi connectivity index (χ1) is 6.22. The van der Waals surface area contributed by atoms with Crippen LogP contribution in [0.1, 0.15) is 19.3 Å². The van der Waals surface area contributed by atoms with E-state index in [0.29, 0.717) is 12.3 Å². The molecule has 0 aliphatic carbocycles. The Morgan fingerprint density at radius 2 is 2.31 bits per heavy atom. The molecular weight excluding hydrogens is 170 g/mol. The van der Waals surface area contributed by atoms with Gasteiger partial charge in [-0.1, -0.05) is 0 Å². The highest BCUT2D eigenvalue weighted by Crippen LogP contribution is 2.15. The van der Waals surface area contributed by atoms with Crippen LogP contribution in [0.4, 0.5) is 0 Å². The van der Waals surface area contributed by atoms with Crippen LogP contribution in [-0.2, 0) is 4.79 Å². The van der Waals surface area contributed by atoms with Gasteiger partial charge in [0.2, 0.25) is 0 Å². The van der Waals surface area contributed by atoms with Gasteiger partial charge < -0.3 is 15.1 Å². The number of carboxylic acids is 1. The van der Waals surface area contributed by atoms with Crippen molar-refractivity contribution in [3.63, 3.8) is 0 Å². The van der Waals surface area contributed by atoms with Crippen molar-refractivity contribution in [1.82, 2.24) is 4.90 Å². The van der Waals surface area contributed by atoms with E-state index in [9.17, 15) is 4.79 Å². The van der Waals surface area contributed by atoms with Gasteiger partial charge in [0.25, 0.3) is 0 Å². The van der Waals surface area contributed by atoms with E-state index >= 15 is 0 Å². The van der Waals surface area contributed by atoms with Crippen molar-refractivity contribution in [2.45, 2.75) is 19.3 Å². The van der Waals surface area contributed by atoms with Gasteiger partial charge in [0.1, 0.15) is 0 Å². The Morgan fingerprint density at radius 1 is 1.54 bits per heavy atom. The molecule has 0 saturated carbocycles. The van der Waals surface area contributed by atoms with Crippen LogP contribution in [0.3, 0.4) is 0 Å². The molecule has 0 bridgehead atoms. The summed E-state index contributed by atoms with van der Waals surface area (Å²) in [5.74, 6) is -0.317. The molecule has 0 aromatic heterocycles. The summed E-state index contributed by atoms with van der Waals surface area (Å²) in [5, 5.41) is 17.3. The van der Waals surface area contributed by atoms with Gasteiger partial charge in [-0.2, -0.15) is 0 Å². The van der Waals surface area contributed by atoms with Gasteiger partial charge in [-0.05, 0) is 31.8 Å². The van der Waals surface area contributed by atoms with Crippen LogP contribution in [0.2, 0.25) is 0 Å². The second kappa shape index (κ2) is 5.19. The van der Waals surface area contributed by atoms with Crippen molar-refractivity contribution in [3.8, 4) is 0 Å². The Kier molecular flexibility index (Phi) is 4.18. The summed E-state index contributed by atoms with van der Waals surface area (Å²) in [6.07, 6.45) is 2.01. The minimum absolute atomic E-state index is 0.250. The van der Waals surface area contributed by atoms with E-state index < -0.39 is 5.97 Å². The third-order valence-corrected chi connectivity index (χ3v) is 2.49. The maximum Gasteiger partial charge on any atom is 0.303 e. The van der Waals surface area contributed by atoms with E-state index in [2.05, 4.69) is 4.90 Å². The van der Waals surface area contributed by atoms with Gasteiger partial charge in [-0.25, -0.2) is 0 Å². The summed E-state index contributed by atoms with van der Waals surface area (Å²) in [4.78, 5) is 12.5. The second-order valence-electron chi connectivity index (χ2n) is 3.64. The van der Waals surface area contributed by atoms with Crippen molar-refractivity contribution in [3.05, 3.63) is 0 Å². The standard InChI is InChI=1S/C9H17NO3/c11-7-8-3-5-10(6-8)4-1-2-9(12)13/h8,11H,1-7H2,(H,12,13). The smallest absolute Gasteiger partial charge is 0.303 e. The molecule has 0 aromatic carbocycles. The number of aliphatic carboxylic acids is 1. The molecule has 1 atom stereocenters. The Hall–Kier alpha value is -0.610. The van der Waals surface area contributed by atoms with Gasteiger partial charge in [0, 0.05) is 19.6 Å². The molecule has 1 rings (SSSR count). The Bertz CT molecular complexity index is 172. The SMILES string of the molecule is O=C(O)CCCN1CCC(CO)C1. The molecule has 0 spiro atoms. The summed E-state index contributed by atoms with van der Waals surface area (Å²) in [6, 6.07) is 0. The van der Waals surface area contributed by atoms with Crippen LogP contribution in [0, 0.1) is 5.92 Å². The number of aliphatic hydroxyl groups excluding tert-OH is 1. The lowest BCUT2D eigenvalue weighted by molar-refractivity contribution is -0.137. The second-order valence-corrected chi connectivity index (χ2v) is 3.64. The highest BCUT2D eigenvalue weighted by Gasteiger charge is 2.20. The lowest BCUT2D eigenvalue weighted by Crippen LogP contribution is -2.23. The number of carbonyl (C=O) groups is 1. The van der Waals surface area contributed by atoms with E-state index in [1.165, 1.54) is 0 Å². The van der Waals surface area contributed by atoms with Crippen LogP contribution < -0.4 is 0 Å². The topological polar surface area (TPSA) is 60.8 Å². The van der Waals surface area contributed by atoms with Gasteiger partial charge >= 0.3 is 5.97 Å². The third-order valence-electron chi connectivity index (χ3n) is 2.49. The van der Waals surface area contributed by atoms with Gasteiger partial charge in [-0.15, -0.1) is 0 Å². The zero-order valence-corrected chi connectivity index (χ0v) is 7.78. The first-order valence-electron chi connectivity index (χ1n) is 4.77. The summed E-state index contributed by atoms with van der Waals surface area (Å²) < 4.78 is 0. The summed E-state index contributed by atoms with van der Waals surface area (Å²) in [7, 11) is 0. The molecule has 4 nitrogen and oxygen atoms in total. The molecule has 1 heterocycles. The maximum atomic E-state index is 10.2. The summed E-state index contributed by atoms with van der Waals surface area (Å²) in [5.41, 5.74) is 0. The van der Waals surface area contributed by atoms with Crippen LogP contribution in [0.15, 0.2) is 0 Å². The minimum atomic E-state index is -0.724. The molecule has 1 aliphatic heterocycles. The number of nitrogens with zero attached hydrogens (tertiary/aromatic N) is 1. The number of rotatable bonds is 5. The maximum absolute atomic E-state index is 10.2. The minimum Gasteiger partial charge on any atom is -0.481 e. The molecule has 1 aliphatic rings. The Labute approximate surface area is 78.2 Å². The molecule has 1 unspecified atom stereocenters. The van der Waals surface area contributed by atoms with Crippen molar-refractivity contribution < 1.29 is 15.0 Å². The quantitative estimate of drug-likeness (QED) is 0.644. The first kappa shape index (κ1) is 10.5. The van der Waals surface area contributed by atoms with Crippen molar-refractivity contribution >= 4 is 5.97 Å². The molecule has 13 heavy (non-hydrogen) atoms. The molecule has 0 radical (unpaired) electrons. The van der Waals surface area contributed by atoms with Crippen molar-refractivity contribution in [1.29, 1.82) is 0 Å². The summed E-state index contributed by atoms with van der Waals surface area (Å²) in [6.45, 7) is 3.04. The van der Waals surface area contributed by atoms with E-state index in [-0.39, 0.29) is 13.0 Å². The van der Waals surface area contributed by atoms with Gasteiger partial charge in [0.15, 0.2) is 0 Å². The zero-order chi connectivity index (χ0) is 9.68. The molecule has 2 N–H and O–H groups in total. The fraction of sp³-hybridized carbons (Fsp3) is 0.889. The van der Waals surface area contributed by atoms with E-state index in [0.717, 1.165) is 26.1 Å². The molecule has 1 saturated heterocycles. The zero-order valence-electron chi connectivity index (χ0n) is 7.78. The Balaban J connectivity index is 2.07. The van der Waals surface area contributed by atoms with Crippen molar-refractivity contribution in [2.75, 3.05) is 26.2 Å². The molecule has 0 amide bonds. The number of hydrogen-bond donors (Lipinski definition) is 2. The molecular formula is C9H17NO3. The van der Waals surface area contributed by atoms with E-state index in [1.54, 1.807) is 0 Å². The average Bonchev–Trinajstić information content (AvgIpc) is 2.52. The number of hydrogen-bond acceptors (Lipinski definition) is 3.